The van der Waals surface area contributed by atoms with Crippen LogP contribution < -0.4 is 5.32 Å². The smallest absolute Gasteiger partial charge is 0.0601 e. The van der Waals surface area contributed by atoms with Crippen LogP contribution in [0.25, 0.3) is 11.6 Å². The summed E-state index contributed by atoms with van der Waals surface area (Å²) < 4.78 is 0. The van der Waals surface area contributed by atoms with Gasteiger partial charge in [-0.1, -0.05) is 30.3 Å². The predicted molar refractivity (Wildman–Crippen MR) is 75.1 cm³/mol. The van der Waals surface area contributed by atoms with Gasteiger partial charge >= 0.3 is 0 Å². The Morgan fingerprint density at radius 1 is 1.11 bits per heavy atom. The summed E-state index contributed by atoms with van der Waals surface area (Å²) in [6.07, 6.45) is 6.06. The summed E-state index contributed by atoms with van der Waals surface area (Å²) in [5, 5.41) is 3.40. The van der Waals surface area contributed by atoms with Crippen molar-refractivity contribution in [3.8, 4) is 0 Å². The lowest BCUT2D eigenvalue weighted by molar-refractivity contribution is 0.687. The quantitative estimate of drug-likeness (QED) is 0.822. The van der Waals surface area contributed by atoms with Crippen LogP contribution in [0.1, 0.15) is 35.2 Å². The Labute approximate surface area is 107 Å². The Bertz CT molecular complexity index is 614. The summed E-state index contributed by atoms with van der Waals surface area (Å²) in [6.45, 7) is 2.17. The van der Waals surface area contributed by atoms with E-state index in [1.807, 2.05) is 19.4 Å². The molecule has 1 heterocycles. The SMILES string of the molecule is CNC1c2cnccc2C=C(C)c2ccccc21. The first-order valence-electron chi connectivity index (χ1n) is 6.20. The lowest BCUT2D eigenvalue weighted by atomic mass is 9.94. The molecular weight excluding hydrogens is 220 g/mol. The van der Waals surface area contributed by atoms with E-state index in [-0.39, 0.29) is 6.04 Å². The fraction of sp³-hybridized carbons (Fsp3) is 0.188. The van der Waals surface area contributed by atoms with Gasteiger partial charge in [0.25, 0.3) is 0 Å². The van der Waals surface area contributed by atoms with Gasteiger partial charge in [0.2, 0.25) is 0 Å². The number of rotatable bonds is 1. The predicted octanol–water partition coefficient (Wildman–Crippen LogP) is 3.26. The third-order valence-electron chi connectivity index (χ3n) is 3.56. The minimum Gasteiger partial charge on any atom is -0.309 e. The maximum atomic E-state index is 4.27. The molecule has 1 unspecified atom stereocenters. The fourth-order valence-electron chi connectivity index (χ4n) is 2.69. The number of pyridine rings is 1. The molecule has 2 heteroatoms. The standard InChI is InChI=1S/C16H16N2/c1-11-9-12-7-8-18-10-15(12)16(17-2)14-6-4-3-5-13(11)14/h3-10,16-17H,1-2H3. The van der Waals surface area contributed by atoms with Crippen molar-refractivity contribution in [2.75, 3.05) is 7.05 Å². The zero-order valence-electron chi connectivity index (χ0n) is 10.6. The van der Waals surface area contributed by atoms with Crippen LogP contribution in [-0.4, -0.2) is 12.0 Å². The number of aromatic nitrogens is 1. The van der Waals surface area contributed by atoms with E-state index in [0.717, 1.165) is 0 Å². The third-order valence-corrected chi connectivity index (χ3v) is 3.56. The van der Waals surface area contributed by atoms with E-state index in [0.29, 0.717) is 0 Å². The molecule has 0 saturated heterocycles. The molecule has 2 aromatic rings. The van der Waals surface area contributed by atoms with Crippen LogP contribution >= 0.6 is 0 Å². The number of hydrogen-bond donors (Lipinski definition) is 1. The van der Waals surface area contributed by atoms with Crippen molar-refractivity contribution < 1.29 is 0 Å². The van der Waals surface area contributed by atoms with Gasteiger partial charge in [-0.05, 0) is 47.9 Å². The van der Waals surface area contributed by atoms with E-state index in [1.165, 1.54) is 27.8 Å². The van der Waals surface area contributed by atoms with E-state index in [1.54, 1.807) is 0 Å². The first-order valence-corrected chi connectivity index (χ1v) is 6.20. The summed E-state index contributed by atoms with van der Waals surface area (Å²) >= 11 is 0. The van der Waals surface area contributed by atoms with E-state index in [4.69, 9.17) is 0 Å². The van der Waals surface area contributed by atoms with Gasteiger partial charge < -0.3 is 5.32 Å². The molecule has 0 fully saturated rings. The van der Waals surface area contributed by atoms with Crippen molar-refractivity contribution in [2.45, 2.75) is 13.0 Å². The maximum absolute atomic E-state index is 4.27. The molecule has 0 amide bonds. The molecule has 1 aliphatic carbocycles. The molecule has 2 nitrogen and oxygen atoms in total. The number of nitrogens with one attached hydrogen (secondary N) is 1. The molecule has 90 valence electrons. The Hall–Kier alpha value is -1.93. The highest BCUT2D eigenvalue weighted by molar-refractivity contribution is 5.84. The van der Waals surface area contributed by atoms with E-state index in [2.05, 4.69) is 53.6 Å². The van der Waals surface area contributed by atoms with Crippen molar-refractivity contribution in [1.29, 1.82) is 0 Å². The van der Waals surface area contributed by atoms with Gasteiger partial charge in [0.15, 0.2) is 0 Å². The minimum atomic E-state index is 0.207. The van der Waals surface area contributed by atoms with Crippen molar-refractivity contribution in [1.82, 2.24) is 10.3 Å². The van der Waals surface area contributed by atoms with Crippen LogP contribution in [0, 0.1) is 0 Å². The van der Waals surface area contributed by atoms with Crippen molar-refractivity contribution in [3.05, 3.63) is 65.0 Å². The molecule has 1 atom stereocenters. The summed E-state index contributed by atoms with van der Waals surface area (Å²) in [5.74, 6) is 0. The van der Waals surface area contributed by atoms with Crippen LogP contribution in [0.5, 0.6) is 0 Å². The van der Waals surface area contributed by atoms with Crippen molar-refractivity contribution >= 4 is 11.6 Å². The number of fused-ring (bicyclic) bond motifs is 2. The van der Waals surface area contributed by atoms with Gasteiger partial charge in [0, 0.05) is 12.4 Å². The van der Waals surface area contributed by atoms with Crippen LogP contribution in [0.15, 0.2) is 42.7 Å². The van der Waals surface area contributed by atoms with Gasteiger partial charge in [0.05, 0.1) is 6.04 Å². The second kappa shape index (κ2) is 4.39. The Balaban J connectivity index is 2.31. The number of allylic oxidation sites excluding steroid dienone is 1. The summed E-state index contributed by atoms with van der Waals surface area (Å²) in [7, 11) is 2.00. The second-order valence-corrected chi connectivity index (χ2v) is 4.64. The molecule has 1 N–H and O–H groups in total. The highest BCUT2D eigenvalue weighted by Gasteiger charge is 2.21. The summed E-state index contributed by atoms with van der Waals surface area (Å²) in [4.78, 5) is 4.27. The highest BCUT2D eigenvalue weighted by Crippen LogP contribution is 2.35. The second-order valence-electron chi connectivity index (χ2n) is 4.64. The molecule has 0 aliphatic heterocycles. The van der Waals surface area contributed by atoms with Crippen LogP contribution in [0.2, 0.25) is 0 Å². The topological polar surface area (TPSA) is 24.9 Å². The van der Waals surface area contributed by atoms with Gasteiger partial charge in [0.1, 0.15) is 0 Å². The lowest BCUT2D eigenvalue weighted by Gasteiger charge is -2.19. The fourth-order valence-corrected chi connectivity index (χ4v) is 2.69. The van der Waals surface area contributed by atoms with E-state index >= 15 is 0 Å². The van der Waals surface area contributed by atoms with Crippen molar-refractivity contribution in [3.63, 3.8) is 0 Å². The number of hydrogen-bond acceptors (Lipinski definition) is 2. The van der Waals surface area contributed by atoms with E-state index < -0.39 is 0 Å². The molecule has 1 aliphatic rings. The average Bonchev–Trinajstić information content (AvgIpc) is 2.53. The average molecular weight is 236 g/mol. The summed E-state index contributed by atoms with van der Waals surface area (Å²) in [6, 6.07) is 10.9. The molecule has 0 spiro atoms. The molecule has 18 heavy (non-hydrogen) atoms. The molecule has 0 saturated carbocycles. The summed E-state index contributed by atoms with van der Waals surface area (Å²) in [5.41, 5.74) is 6.42. The number of nitrogens with zero attached hydrogens (tertiary/aromatic N) is 1. The molecule has 1 aromatic heterocycles. The van der Waals surface area contributed by atoms with Gasteiger partial charge in [-0.15, -0.1) is 0 Å². The van der Waals surface area contributed by atoms with E-state index in [9.17, 15) is 0 Å². The zero-order chi connectivity index (χ0) is 12.5. The number of benzene rings is 1. The van der Waals surface area contributed by atoms with Crippen LogP contribution in [0.4, 0.5) is 0 Å². The lowest BCUT2D eigenvalue weighted by Crippen LogP contribution is -2.19. The highest BCUT2D eigenvalue weighted by atomic mass is 14.9. The first kappa shape index (κ1) is 11.2. The molecule has 0 radical (unpaired) electrons. The molecule has 1 aromatic carbocycles. The molecule has 3 rings (SSSR count). The maximum Gasteiger partial charge on any atom is 0.0601 e. The van der Waals surface area contributed by atoms with Crippen molar-refractivity contribution in [2.24, 2.45) is 0 Å². The van der Waals surface area contributed by atoms with Gasteiger partial charge in [-0.2, -0.15) is 0 Å². The Morgan fingerprint density at radius 3 is 2.78 bits per heavy atom. The van der Waals surface area contributed by atoms with Crippen LogP contribution in [-0.2, 0) is 0 Å². The normalized spacial score (nSPS) is 17.4. The Morgan fingerprint density at radius 2 is 1.94 bits per heavy atom. The molecular formula is C16H16N2. The first-order chi connectivity index (χ1) is 8.81. The van der Waals surface area contributed by atoms with Gasteiger partial charge in [-0.25, -0.2) is 0 Å². The third kappa shape index (κ3) is 1.66. The molecule has 0 bridgehead atoms. The largest absolute Gasteiger partial charge is 0.309 e. The van der Waals surface area contributed by atoms with Crippen LogP contribution in [0.3, 0.4) is 0 Å². The van der Waals surface area contributed by atoms with Gasteiger partial charge in [-0.3, -0.25) is 4.98 Å². The Kier molecular flexibility index (Phi) is 2.73. The zero-order valence-corrected chi connectivity index (χ0v) is 10.6. The minimum absolute atomic E-state index is 0.207. The monoisotopic (exact) mass is 236 g/mol.